The number of amides is 1. The van der Waals surface area contributed by atoms with E-state index in [1.807, 2.05) is 33.8 Å². The molecule has 2 aliphatic rings. The van der Waals surface area contributed by atoms with Crippen LogP contribution in [0.25, 0.3) is 5.69 Å². The summed E-state index contributed by atoms with van der Waals surface area (Å²) in [6.45, 7) is 5.32. The number of likely N-dealkylation sites (N-methyl/N-ethyl adjacent to an activating group) is 1. The molecule has 2 fully saturated rings. The van der Waals surface area contributed by atoms with Gasteiger partial charge in [0.15, 0.2) is 0 Å². The van der Waals surface area contributed by atoms with Crippen molar-refractivity contribution >= 4 is 29.9 Å². The first-order valence-corrected chi connectivity index (χ1v) is 10.0. The molecular weight excluding hydrogens is 397 g/mol. The summed E-state index contributed by atoms with van der Waals surface area (Å²) in [5, 5.41) is 8.73. The Hall–Kier alpha value is -1.60. The van der Waals surface area contributed by atoms with Gasteiger partial charge in [0.1, 0.15) is 0 Å². The van der Waals surface area contributed by atoms with Gasteiger partial charge in [0, 0.05) is 37.1 Å². The molecule has 1 amide bonds. The fourth-order valence-corrected chi connectivity index (χ4v) is 4.10. The molecule has 1 N–H and O–H groups in total. The highest BCUT2D eigenvalue weighted by atomic mass is 35.5. The van der Waals surface area contributed by atoms with Crippen molar-refractivity contribution in [2.75, 3.05) is 46.3 Å². The smallest absolute Gasteiger partial charge is 0.257 e. The summed E-state index contributed by atoms with van der Waals surface area (Å²) in [7, 11) is 2.10. The van der Waals surface area contributed by atoms with Crippen LogP contribution in [0.4, 0.5) is 0 Å². The Morgan fingerprint density at radius 3 is 2.39 bits per heavy atom. The van der Waals surface area contributed by atoms with Crippen molar-refractivity contribution in [3.63, 3.8) is 0 Å². The molecule has 0 radical (unpaired) electrons. The molecule has 6 nitrogen and oxygen atoms in total. The predicted molar refractivity (Wildman–Crippen MR) is 114 cm³/mol. The van der Waals surface area contributed by atoms with Crippen molar-refractivity contribution in [1.82, 2.24) is 24.9 Å². The Bertz CT molecular complexity index is 793. The number of rotatable bonds is 3. The van der Waals surface area contributed by atoms with E-state index >= 15 is 0 Å². The van der Waals surface area contributed by atoms with Gasteiger partial charge in [0.25, 0.3) is 5.91 Å². The maximum atomic E-state index is 13.3. The lowest BCUT2D eigenvalue weighted by Gasteiger charge is -2.33. The molecule has 0 saturated carbocycles. The minimum atomic E-state index is 0. The number of piperazine rings is 1. The van der Waals surface area contributed by atoms with Crippen molar-refractivity contribution < 1.29 is 4.79 Å². The molecule has 2 saturated heterocycles. The van der Waals surface area contributed by atoms with E-state index in [1.165, 1.54) is 0 Å². The van der Waals surface area contributed by atoms with Gasteiger partial charge >= 0.3 is 0 Å². The van der Waals surface area contributed by atoms with Gasteiger partial charge in [-0.05, 0) is 57.2 Å². The van der Waals surface area contributed by atoms with Crippen molar-refractivity contribution in [3.8, 4) is 5.69 Å². The van der Waals surface area contributed by atoms with Gasteiger partial charge in [0.05, 0.1) is 23.1 Å². The molecule has 1 aromatic heterocycles. The fourth-order valence-electron chi connectivity index (χ4n) is 3.98. The standard InChI is InChI=1S/C20H26ClN5O.ClH/c1-24-10-12-25(13-11-24)20(27)18-14-23-26(17-4-2-16(21)3-5-17)19(18)15-6-8-22-9-7-15;/h2-5,14-15,22H,6-13H2,1H3;1H. The summed E-state index contributed by atoms with van der Waals surface area (Å²) in [4.78, 5) is 17.5. The van der Waals surface area contributed by atoms with Gasteiger partial charge in [-0.2, -0.15) is 5.10 Å². The molecule has 8 heteroatoms. The molecule has 28 heavy (non-hydrogen) atoms. The number of halogens is 2. The Kier molecular flexibility index (Phi) is 6.99. The zero-order valence-electron chi connectivity index (χ0n) is 16.1. The Balaban J connectivity index is 0.00000225. The number of piperidine rings is 1. The minimum Gasteiger partial charge on any atom is -0.336 e. The lowest BCUT2D eigenvalue weighted by Crippen LogP contribution is -2.47. The third-order valence-corrected chi connectivity index (χ3v) is 5.88. The van der Waals surface area contributed by atoms with Crippen LogP contribution >= 0.6 is 24.0 Å². The normalized spacial score (nSPS) is 18.7. The molecule has 1 aromatic carbocycles. The van der Waals surface area contributed by atoms with Crippen LogP contribution in [0.3, 0.4) is 0 Å². The molecule has 0 unspecified atom stereocenters. The van der Waals surface area contributed by atoms with Gasteiger partial charge in [-0.3, -0.25) is 4.79 Å². The molecule has 0 spiro atoms. The maximum Gasteiger partial charge on any atom is 0.257 e. The summed E-state index contributed by atoms with van der Waals surface area (Å²) in [5.41, 5.74) is 2.74. The Labute approximate surface area is 177 Å². The van der Waals surface area contributed by atoms with Crippen LogP contribution in [0.15, 0.2) is 30.5 Å². The number of hydrogen-bond acceptors (Lipinski definition) is 4. The Morgan fingerprint density at radius 2 is 1.75 bits per heavy atom. The summed E-state index contributed by atoms with van der Waals surface area (Å²) in [6.07, 6.45) is 3.79. The average molecular weight is 424 g/mol. The summed E-state index contributed by atoms with van der Waals surface area (Å²) >= 11 is 6.05. The van der Waals surface area contributed by atoms with E-state index in [1.54, 1.807) is 6.20 Å². The first-order valence-electron chi connectivity index (χ1n) is 9.66. The van der Waals surface area contributed by atoms with E-state index in [-0.39, 0.29) is 18.3 Å². The van der Waals surface area contributed by atoms with E-state index in [2.05, 4.69) is 22.4 Å². The zero-order chi connectivity index (χ0) is 18.8. The van der Waals surface area contributed by atoms with Gasteiger partial charge in [-0.1, -0.05) is 11.6 Å². The summed E-state index contributed by atoms with van der Waals surface area (Å²) in [6, 6.07) is 7.66. The van der Waals surface area contributed by atoms with E-state index in [9.17, 15) is 4.79 Å². The van der Waals surface area contributed by atoms with Crippen molar-refractivity contribution in [1.29, 1.82) is 0 Å². The predicted octanol–water partition coefficient (Wildman–Crippen LogP) is 2.80. The first-order chi connectivity index (χ1) is 13.1. The number of benzene rings is 1. The van der Waals surface area contributed by atoms with E-state index in [0.717, 1.165) is 69.1 Å². The van der Waals surface area contributed by atoms with Gasteiger partial charge < -0.3 is 15.1 Å². The van der Waals surface area contributed by atoms with Crippen LogP contribution in [0.1, 0.15) is 34.8 Å². The molecule has 0 aliphatic carbocycles. The Morgan fingerprint density at radius 1 is 1.11 bits per heavy atom. The number of carbonyl (C=O) groups excluding carboxylic acids is 1. The van der Waals surface area contributed by atoms with Crippen molar-refractivity contribution in [2.45, 2.75) is 18.8 Å². The highest BCUT2D eigenvalue weighted by Gasteiger charge is 2.30. The van der Waals surface area contributed by atoms with Crippen molar-refractivity contribution in [3.05, 3.63) is 46.7 Å². The number of carbonyl (C=O) groups is 1. The zero-order valence-corrected chi connectivity index (χ0v) is 17.7. The number of nitrogens with zero attached hydrogens (tertiary/aromatic N) is 4. The van der Waals surface area contributed by atoms with Crippen LogP contribution < -0.4 is 5.32 Å². The molecule has 3 heterocycles. The first kappa shape index (κ1) is 21.1. The molecule has 0 bridgehead atoms. The van der Waals surface area contributed by atoms with Gasteiger partial charge in [-0.15, -0.1) is 12.4 Å². The average Bonchev–Trinajstić information content (AvgIpc) is 3.14. The van der Waals surface area contributed by atoms with Crippen molar-refractivity contribution in [2.24, 2.45) is 0 Å². The number of aromatic nitrogens is 2. The monoisotopic (exact) mass is 423 g/mol. The van der Waals surface area contributed by atoms with Crippen LogP contribution in [-0.2, 0) is 0 Å². The van der Waals surface area contributed by atoms with E-state index in [0.29, 0.717) is 10.9 Å². The molecular formula is C20H27Cl2N5O. The van der Waals surface area contributed by atoms with E-state index in [4.69, 9.17) is 11.6 Å². The maximum absolute atomic E-state index is 13.3. The lowest BCUT2D eigenvalue weighted by molar-refractivity contribution is 0.0662. The quantitative estimate of drug-likeness (QED) is 0.824. The summed E-state index contributed by atoms with van der Waals surface area (Å²) in [5.74, 6) is 0.438. The summed E-state index contributed by atoms with van der Waals surface area (Å²) < 4.78 is 1.94. The van der Waals surface area contributed by atoms with Gasteiger partial charge in [-0.25, -0.2) is 4.68 Å². The largest absolute Gasteiger partial charge is 0.336 e. The fraction of sp³-hybridized carbons (Fsp3) is 0.500. The molecule has 2 aromatic rings. The topological polar surface area (TPSA) is 53.4 Å². The minimum absolute atomic E-state index is 0. The number of nitrogens with one attached hydrogen (secondary N) is 1. The molecule has 0 atom stereocenters. The van der Waals surface area contributed by atoms with E-state index < -0.39 is 0 Å². The second kappa shape index (κ2) is 9.27. The lowest BCUT2D eigenvalue weighted by atomic mass is 9.91. The van der Waals surface area contributed by atoms with Gasteiger partial charge in [0.2, 0.25) is 0 Å². The molecule has 152 valence electrons. The molecule has 2 aliphatic heterocycles. The SMILES string of the molecule is CN1CCN(C(=O)c2cnn(-c3ccc(Cl)cc3)c2C2CCNCC2)CC1.Cl. The highest BCUT2D eigenvalue weighted by molar-refractivity contribution is 6.30. The third kappa shape index (κ3) is 4.35. The highest BCUT2D eigenvalue weighted by Crippen LogP contribution is 2.31. The van der Waals surface area contributed by atoms with Crippen LogP contribution in [-0.4, -0.2) is 71.8 Å². The third-order valence-electron chi connectivity index (χ3n) is 5.62. The van der Waals surface area contributed by atoms with Crippen LogP contribution in [0, 0.1) is 0 Å². The van der Waals surface area contributed by atoms with Crippen LogP contribution in [0.5, 0.6) is 0 Å². The van der Waals surface area contributed by atoms with Crippen LogP contribution in [0.2, 0.25) is 5.02 Å². The number of hydrogen-bond donors (Lipinski definition) is 1. The molecule has 4 rings (SSSR count). The second-order valence-corrected chi connectivity index (χ2v) is 7.89. The second-order valence-electron chi connectivity index (χ2n) is 7.45.